The zero-order chi connectivity index (χ0) is 13.8. The molecular weight excluding hydrogens is 254 g/mol. The zero-order valence-corrected chi connectivity index (χ0v) is 10.9. The summed E-state index contributed by atoms with van der Waals surface area (Å²) >= 11 is 0. The summed E-state index contributed by atoms with van der Waals surface area (Å²) in [6, 6.07) is 16.6. The van der Waals surface area contributed by atoms with E-state index in [2.05, 4.69) is 5.32 Å². The van der Waals surface area contributed by atoms with E-state index in [4.69, 9.17) is 9.47 Å². The molecule has 20 heavy (non-hydrogen) atoms. The number of amides is 1. The quantitative estimate of drug-likeness (QED) is 0.929. The second-order valence-electron chi connectivity index (χ2n) is 4.57. The first-order valence-electron chi connectivity index (χ1n) is 6.54. The lowest BCUT2D eigenvalue weighted by molar-refractivity contribution is 0.0789. The number of benzene rings is 2. The summed E-state index contributed by atoms with van der Waals surface area (Å²) in [5.41, 5.74) is 0.643. The average Bonchev–Trinajstić information content (AvgIpc) is 2.53. The molecule has 1 N–H and O–H groups in total. The molecule has 1 heterocycles. The van der Waals surface area contributed by atoms with E-state index < -0.39 is 0 Å². The highest BCUT2D eigenvalue weighted by Gasteiger charge is 2.21. The Labute approximate surface area is 117 Å². The number of carbonyl (C=O) groups is 1. The third-order valence-corrected chi connectivity index (χ3v) is 3.09. The first-order valence-corrected chi connectivity index (χ1v) is 6.54. The van der Waals surface area contributed by atoms with Gasteiger partial charge < -0.3 is 14.8 Å². The highest BCUT2D eigenvalue weighted by Crippen LogP contribution is 2.30. The van der Waals surface area contributed by atoms with Crippen molar-refractivity contribution >= 4 is 5.91 Å². The van der Waals surface area contributed by atoms with Crippen molar-refractivity contribution in [3.63, 3.8) is 0 Å². The summed E-state index contributed by atoms with van der Waals surface area (Å²) < 4.78 is 11.4. The molecule has 0 spiro atoms. The van der Waals surface area contributed by atoms with Crippen LogP contribution in [0.1, 0.15) is 10.4 Å². The molecule has 2 aromatic rings. The number of ether oxygens (including phenoxy) is 2. The third-order valence-electron chi connectivity index (χ3n) is 3.09. The van der Waals surface area contributed by atoms with Crippen molar-refractivity contribution in [2.75, 3.05) is 13.2 Å². The van der Waals surface area contributed by atoms with Crippen molar-refractivity contribution in [3.05, 3.63) is 60.2 Å². The van der Waals surface area contributed by atoms with Crippen molar-refractivity contribution < 1.29 is 14.3 Å². The minimum absolute atomic E-state index is 0.104. The second-order valence-corrected chi connectivity index (χ2v) is 4.57. The van der Waals surface area contributed by atoms with Crippen LogP contribution in [0.5, 0.6) is 11.5 Å². The Kier molecular flexibility index (Phi) is 3.54. The van der Waals surface area contributed by atoms with Crippen LogP contribution in [-0.4, -0.2) is 25.2 Å². The number of fused-ring (bicyclic) bond motifs is 1. The minimum atomic E-state index is -0.169. The van der Waals surface area contributed by atoms with E-state index in [1.807, 2.05) is 42.5 Å². The lowest BCUT2D eigenvalue weighted by atomic mass is 10.2. The number of rotatable bonds is 3. The van der Waals surface area contributed by atoms with Gasteiger partial charge in [-0.1, -0.05) is 30.3 Å². The van der Waals surface area contributed by atoms with Crippen LogP contribution in [0.4, 0.5) is 0 Å². The first kappa shape index (κ1) is 12.5. The number of hydrogen-bond donors (Lipinski definition) is 1. The van der Waals surface area contributed by atoms with Crippen LogP contribution < -0.4 is 14.8 Å². The lowest BCUT2D eigenvalue weighted by Gasteiger charge is -2.26. The largest absolute Gasteiger partial charge is 0.486 e. The minimum Gasteiger partial charge on any atom is -0.486 e. The number of nitrogens with one attached hydrogen (secondary N) is 1. The van der Waals surface area contributed by atoms with Crippen molar-refractivity contribution in [1.82, 2.24) is 5.32 Å². The maximum Gasteiger partial charge on any atom is 0.251 e. The highest BCUT2D eigenvalue weighted by molar-refractivity contribution is 5.94. The maximum absolute atomic E-state index is 11.9. The Morgan fingerprint density at radius 3 is 2.55 bits per heavy atom. The molecule has 1 amide bonds. The molecule has 4 nitrogen and oxygen atoms in total. The molecule has 102 valence electrons. The van der Waals surface area contributed by atoms with Crippen LogP contribution >= 0.6 is 0 Å². The molecule has 1 aliphatic rings. The molecule has 0 fully saturated rings. The highest BCUT2D eigenvalue weighted by atomic mass is 16.6. The predicted octanol–water partition coefficient (Wildman–Crippen LogP) is 2.26. The molecule has 0 unspecified atom stereocenters. The molecule has 0 bridgehead atoms. The number of carbonyl (C=O) groups excluding carboxylic acids is 1. The van der Waals surface area contributed by atoms with Gasteiger partial charge in [-0.05, 0) is 24.3 Å². The van der Waals surface area contributed by atoms with Crippen LogP contribution in [0.15, 0.2) is 54.6 Å². The molecular formula is C16H15NO3. The van der Waals surface area contributed by atoms with E-state index in [1.54, 1.807) is 12.1 Å². The van der Waals surface area contributed by atoms with E-state index in [0.29, 0.717) is 18.7 Å². The van der Waals surface area contributed by atoms with Crippen molar-refractivity contribution in [2.24, 2.45) is 0 Å². The Bertz CT molecular complexity index is 598. The van der Waals surface area contributed by atoms with Crippen LogP contribution in [0.2, 0.25) is 0 Å². The van der Waals surface area contributed by atoms with Crippen LogP contribution in [0.3, 0.4) is 0 Å². The van der Waals surface area contributed by atoms with Gasteiger partial charge >= 0.3 is 0 Å². The Morgan fingerprint density at radius 1 is 1.05 bits per heavy atom. The molecule has 1 atom stereocenters. The van der Waals surface area contributed by atoms with E-state index in [-0.39, 0.29) is 12.0 Å². The molecule has 0 aliphatic carbocycles. The second kappa shape index (κ2) is 5.65. The molecule has 0 radical (unpaired) electrons. The molecule has 0 saturated carbocycles. The van der Waals surface area contributed by atoms with Gasteiger partial charge in [0.25, 0.3) is 5.91 Å². The van der Waals surface area contributed by atoms with Gasteiger partial charge in [0.1, 0.15) is 12.7 Å². The standard InChI is InChI=1S/C16H15NO3/c18-16(12-6-2-1-3-7-12)17-10-13-11-19-14-8-4-5-9-15(14)20-13/h1-9,13H,10-11H2,(H,17,18)/t13-/m1/s1. The van der Waals surface area contributed by atoms with Gasteiger partial charge in [0.05, 0.1) is 6.54 Å². The maximum atomic E-state index is 11.9. The SMILES string of the molecule is O=C(NC[C@@H]1COc2ccccc2O1)c1ccccc1. The van der Waals surface area contributed by atoms with E-state index in [9.17, 15) is 4.79 Å². The molecule has 0 saturated heterocycles. The van der Waals surface area contributed by atoms with Crippen LogP contribution in [0.25, 0.3) is 0 Å². The van der Waals surface area contributed by atoms with Crippen molar-refractivity contribution in [1.29, 1.82) is 0 Å². The summed E-state index contributed by atoms with van der Waals surface area (Å²) in [6.07, 6.45) is -0.169. The van der Waals surface area contributed by atoms with Gasteiger partial charge in [-0.2, -0.15) is 0 Å². The van der Waals surface area contributed by atoms with Gasteiger partial charge in [0.2, 0.25) is 0 Å². The fourth-order valence-electron chi connectivity index (χ4n) is 2.06. The summed E-state index contributed by atoms with van der Waals surface area (Å²) in [6.45, 7) is 0.855. The number of para-hydroxylation sites is 2. The van der Waals surface area contributed by atoms with Crippen LogP contribution in [0, 0.1) is 0 Å². The smallest absolute Gasteiger partial charge is 0.251 e. The first-order chi connectivity index (χ1) is 9.83. The zero-order valence-electron chi connectivity index (χ0n) is 10.9. The van der Waals surface area contributed by atoms with Crippen LogP contribution in [-0.2, 0) is 0 Å². The topological polar surface area (TPSA) is 47.6 Å². The predicted molar refractivity (Wildman–Crippen MR) is 75.1 cm³/mol. The molecule has 2 aromatic carbocycles. The summed E-state index contributed by atoms with van der Waals surface area (Å²) in [7, 11) is 0. The van der Waals surface area contributed by atoms with E-state index >= 15 is 0 Å². The average molecular weight is 269 g/mol. The van der Waals surface area contributed by atoms with Crippen molar-refractivity contribution in [3.8, 4) is 11.5 Å². The van der Waals surface area contributed by atoms with Gasteiger partial charge in [0, 0.05) is 5.56 Å². The van der Waals surface area contributed by atoms with E-state index in [0.717, 1.165) is 11.5 Å². The Balaban J connectivity index is 1.57. The number of hydrogen-bond acceptors (Lipinski definition) is 3. The summed E-state index contributed by atoms with van der Waals surface area (Å²) in [5.74, 6) is 1.36. The molecule has 1 aliphatic heterocycles. The fraction of sp³-hybridized carbons (Fsp3) is 0.188. The van der Waals surface area contributed by atoms with E-state index in [1.165, 1.54) is 0 Å². The molecule has 3 rings (SSSR count). The van der Waals surface area contributed by atoms with Gasteiger partial charge in [-0.3, -0.25) is 4.79 Å². The molecule has 0 aromatic heterocycles. The Hall–Kier alpha value is -2.49. The molecule has 4 heteroatoms. The summed E-state index contributed by atoms with van der Waals surface area (Å²) in [4.78, 5) is 11.9. The summed E-state index contributed by atoms with van der Waals surface area (Å²) in [5, 5.41) is 2.86. The fourth-order valence-corrected chi connectivity index (χ4v) is 2.06. The Morgan fingerprint density at radius 2 is 1.75 bits per heavy atom. The van der Waals surface area contributed by atoms with Gasteiger partial charge in [0.15, 0.2) is 11.5 Å². The monoisotopic (exact) mass is 269 g/mol. The normalized spacial score (nSPS) is 16.5. The van der Waals surface area contributed by atoms with Gasteiger partial charge in [-0.25, -0.2) is 0 Å². The van der Waals surface area contributed by atoms with Gasteiger partial charge in [-0.15, -0.1) is 0 Å². The third kappa shape index (κ3) is 2.74. The lowest BCUT2D eigenvalue weighted by Crippen LogP contribution is -2.40. The van der Waals surface area contributed by atoms with Crippen molar-refractivity contribution in [2.45, 2.75) is 6.10 Å².